The Morgan fingerprint density at radius 1 is 0.833 bits per heavy atom. The molecule has 1 heterocycles. The molecule has 10 heteroatoms. The summed E-state index contributed by atoms with van der Waals surface area (Å²) in [6.45, 7) is 11.8. The summed E-state index contributed by atoms with van der Waals surface area (Å²) in [5, 5.41) is 0. The van der Waals surface area contributed by atoms with E-state index >= 15 is 0 Å². The Morgan fingerprint density at radius 2 is 1.21 bits per heavy atom. The zero-order valence-corrected chi connectivity index (χ0v) is 16.3. The first-order chi connectivity index (χ1) is 11.1. The van der Waals surface area contributed by atoms with Crippen LogP contribution in [0.1, 0.15) is 40.0 Å². The van der Waals surface area contributed by atoms with Gasteiger partial charge in [0.15, 0.2) is 0 Å². The number of likely N-dealkylation sites (tertiary alicyclic amines) is 1. The Bertz CT molecular complexity index is 309. The van der Waals surface area contributed by atoms with Crippen LogP contribution >= 0.6 is 0 Å². The summed E-state index contributed by atoms with van der Waals surface area (Å²) < 4.78 is 57.9. The molecule has 0 aliphatic carbocycles. The molecule has 4 nitrogen and oxygen atoms in total. The largest absolute Gasteiger partial charge is 0.673 e. The third-order valence-corrected chi connectivity index (χ3v) is 6.97. The fourth-order valence-electron chi connectivity index (χ4n) is 2.91. The normalized spacial score (nSPS) is 18.0. The highest BCUT2D eigenvalue weighted by atomic mass is 28.4. The van der Waals surface area contributed by atoms with Crippen molar-refractivity contribution in [1.29, 1.82) is 0 Å². The van der Waals surface area contributed by atoms with Gasteiger partial charge in [0.2, 0.25) is 0 Å². The minimum atomic E-state index is -6.00. The van der Waals surface area contributed by atoms with Gasteiger partial charge in [-0.05, 0) is 40.0 Å². The minimum absolute atomic E-state index is 0.677. The van der Waals surface area contributed by atoms with Crippen molar-refractivity contribution >= 4 is 16.1 Å². The van der Waals surface area contributed by atoms with Crippen molar-refractivity contribution in [3.8, 4) is 0 Å². The van der Waals surface area contributed by atoms with Crippen LogP contribution in [0.5, 0.6) is 0 Å². The molecule has 0 N–H and O–H groups in total. The van der Waals surface area contributed by atoms with Crippen LogP contribution in [0.4, 0.5) is 17.3 Å². The molecule has 0 saturated carbocycles. The number of rotatable bonds is 9. The zero-order chi connectivity index (χ0) is 18.7. The molecule has 0 atom stereocenters. The zero-order valence-electron chi connectivity index (χ0n) is 15.3. The number of hydrogen-bond acceptors (Lipinski definition) is 3. The van der Waals surface area contributed by atoms with Crippen molar-refractivity contribution in [1.82, 2.24) is 0 Å². The smallest absolute Gasteiger partial charge is 0.418 e. The van der Waals surface area contributed by atoms with Crippen molar-refractivity contribution in [3.63, 3.8) is 0 Å². The van der Waals surface area contributed by atoms with Crippen molar-refractivity contribution in [2.24, 2.45) is 0 Å². The molecule has 1 aliphatic rings. The first-order valence-electron chi connectivity index (χ1n) is 8.72. The van der Waals surface area contributed by atoms with Gasteiger partial charge in [0.05, 0.1) is 32.7 Å². The average Bonchev–Trinajstić information content (AvgIpc) is 2.45. The molecule has 0 amide bonds. The maximum Gasteiger partial charge on any atom is 0.673 e. The highest BCUT2D eigenvalue weighted by molar-refractivity contribution is 6.60. The number of piperidine rings is 1. The Morgan fingerprint density at radius 3 is 1.54 bits per heavy atom. The van der Waals surface area contributed by atoms with E-state index in [2.05, 4.69) is 7.05 Å². The highest BCUT2D eigenvalue weighted by Gasteiger charge is 2.43. The van der Waals surface area contributed by atoms with E-state index in [1.807, 2.05) is 20.8 Å². The van der Waals surface area contributed by atoms with Crippen LogP contribution in [-0.2, 0) is 13.3 Å². The molecule has 1 saturated heterocycles. The topological polar surface area (TPSA) is 27.7 Å². The van der Waals surface area contributed by atoms with Gasteiger partial charge in [-0.1, -0.05) is 0 Å². The maximum atomic E-state index is 9.75. The summed E-state index contributed by atoms with van der Waals surface area (Å²) in [5.74, 6) is 0. The lowest BCUT2D eigenvalue weighted by Crippen LogP contribution is -2.54. The van der Waals surface area contributed by atoms with Crippen molar-refractivity contribution in [3.05, 3.63) is 0 Å². The monoisotopic (exact) mass is 377 g/mol. The first-order valence-corrected chi connectivity index (χ1v) is 10.7. The van der Waals surface area contributed by atoms with Gasteiger partial charge < -0.3 is 35.0 Å². The Labute approximate surface area is 144 Å². The van der Waals surface area contributed by atoms with Crippen molar-refractivity contribution < 1.29 is 35.0 Å². The molecular weight excluding hydrogens is 345 g/mol. The van der Waals surface area contributed by atoms with Crippen molar-refractivity contribution in [2.75, 3.05) is 46.5 Å². The standard InChI is InChI=1S/C14H32NO3Si.BF4/c1-5-16-19(17-6-2,18-7-3)14-13-15(4)11-9-8-10-12-15;2-1(3,4)5/h5-14H2,1-4H3;/q+1;-1. The van der Waals surface area contributed by atoms with Gasteiger partial charge >= 0.3 is 16.1 Å². The predicted molar refractivity (Wildman–Crippen MR) is 90.3 cm³/mol. The maximum absolute atomic E-state index is 9.75. The van der Waals surface area contributed by atoms with E-state index in [-0.39, 0.29) is 0 Å². The molecule has 0 bridgehead atoms. The number of quaternary nitrogens is 1. The molecule has 24 heavy (non-hydrogen) atoms. The van der Waals surface area contributed by atoms with E-state index in [9.17, 15) is 17.3 Å². The lowest BCUT2D eigenvalue weighted by Gasteiger charge is -2.39. The fraction of sp³-hybridized carbons (Fsp3) is 1.00. The molecular formula is C14H32BF4NO3Si. The lowest BCUT2D eigenvalue weighted by molar-refractivity contribution is -0.912. The van der Waals surface area contributed by atoms with E-state index in [4.69, 9.17) is 13.3 Å². The van der Waals surface area contributed by atoms with Gasteiger partial charge in [0, 0.05) is 19.8 Å². The third-order valence-electron chi connectivity index (χ3n) is 3.95. The second-order valence-corrected chi connectivity index (χ2v) is 8.81. The third kappa shape index (κ3) is 11.4. The van der Waals surface area contributed by atoms with Crippen LogP contribution in [0.2, 0.25) is 6.04 Å². The second-order valence-electron chi connectivity index (χ2n) is 6.08. The SMILES string of the molecule is CCO[Si](CC[N+]1(C)CCCCC1)(OCC)OCC.F[B-](F)(F)F. The summed E-state index contributed by atoms with van der Waals surface area (Å²) in [7, 11) is -6.08. The molecule has 0 spiro atoms. The van der Waals surface area contributed by atoms with Crippen LogP contribution < -0.4 is 0 Å². The summed E-state index contributed by atoms with van der Waals surface area (Å²) in [6, 6.07) is 0.943. The van der Waals surface area contributed by atoms with Gasteiger partial charge in [-0.3, -0.25) is 0 Å². The Kier molecular flexibility index (Phi) is 11.4. The van der Waals surface area contributed by atoms with Crippen LogP contribution in [0.3, 0.4) is 0 Å². The van der Waals surface area contributed by atoms with E-state index < -0.39 is 16.1 Å². The summed E-state index contributed by atoms with van der Waals surface area (Å²) in [6.07, 6.45) is 4.09. The van der Waals surface area contributed by atoms with Crippen LogP contribution in [0.15, 0.2) is 0 Å². The number of hydrogen-bond donors (Lipinski definition) is 0. The molecule has 0 radical (unpaired) electrons. The lowest BCUT2D eigenvalue weighted by atomic mass is 10.1. The van der Waals surface area contributed by atoms with Gasteiger partial charge in [0.25, 0.3) is 0 Å². The van der Waals surface area contributed by atoms with Gasteiger partial charge in [0.1, 0.15) is 0 Å². The first kappa shape index (κ1) is 23.8. The summed E-state index contributed by atoms with van der Waals surface area (Å²) in [4.78, 5) is 0. The quantitative estimate of drug-likeness (QED) is 0.346. The summed E-state index contributed by atoms with van der Waals surface area (Å²) >= 11 is 0. The van der Waals surface area contributed by atoms with Gasteiger partial charge in [-0.2, -0.15) is 0 Å². The van der Waals surface area contributed by atoms with Crippen molar-refractivity contribution in [2.45, 2.75) is 46.1 Å². The molecule has 0 aromatic heterocycles. The number of halogens is 4. The van der Waals surface area contributed by atoms with Gasteiger partial charge in [-0.25, -0.2) is 0 Å². The molecule has 1 aliphatic heterocycles. The predicted octanol–water partition coefficient (Wildman–Crippen LogP) is 3.97. The van der Waals surface area contributed by atoms with Crippen LogP contribution in [0.25, 0.3) is 0 Å². The highest BCUT2D eigenvalue weighted by Crippen LogP contribution is 2.22. The van der Waals surface area contributed by atoms with Crippen LogP contribution in [0, 0.1) is 0 Å². The molecule has 1 rings (SSSR count). The van der Waals surface area contributed by atoms with E-state index in [0.717, 1.165) is 17.1 Å². The van der Waals surface area contributed by atoms with Crippen LogP contribution in [-0.4, -0.2) is 67.0 Å². The fourth-order valence-corrected chi connectivity index (χ4v) is 5.72. The molecule has 0 aromatic carbocycles. The van der Waals surface area contributed by atoms with E-state index in [1.165, 1.54) is 32.4 Å². The minimum Gasteiger partial charge on any atom is -0.418 e. The summed E-state index contributed by atoms with van der Waals surface area (Å²) in [5.41, 5.74) is 0. The molecule has 146 valence electrons. The second kappa shape index (κ2) is 11.5. The van der Waals surface area contributed by atoms with Gasteiger partial charge in [-0.15, -0.1) is 0 Å². The van der Waals surface area contributed by atoms with E-state index in [1.54, 1.807) is 0 Å². The number of nitrogens with zero attached hydrogens (tertiary/aromatic N) is 1. The molecule has 1 fully saturated rings. The molecule has 0 unspecified atom stereocenters. The average molecular weight is 377 g/mol. The Hall–Kier alpha value is -0.158. The Balaban J connectivity index is 0.000000922. The van der Waals surface area contributed by atoms with E-state index in [0.29, 0.717) is 19.8 Å². The molecule has 0 aromatic rings.